The molecule has 0 saturated carbocycles. The lowest BCUT2D eigenvalue weighted by atomic mass is 10.0. The lowest BCUT2D eigenvalue weighted by Crippen LogP contribution is -2.32. The van der Waals surface area contributed by atoms with Gasteiger partial charge in [0.15, 0.2) is 0 Å². The minimum absolute atomic E-state index is 0.162. The van der Waals surface area contributed by atoms with Crippen LogP contribution < -0.4 is 0 Å². The summed E-state index contributed by atoms with van der Waals surface area (Å²) in [6.07, 6.45) is 1.72. The molecule has 0 aliphatic carbocycles. The highest BCUT2D eigenvalue weighted by Gasteiger charge is 2.29. The molecule has 0 aliphatic rings. The first-order valence-electron chi connectivity index (χ1n) is 9.53. The minimum atomic E-state index is -0.370. The number of hydrogen-bond acceptors (Lipinski definition) is 4. The number of benzene rings is 2. The Balaban J connectivity index is 1.82. The summed E-state index contributed by atoms with van der Waals surface area (Å²) in [5, 5.41) is 0.454. The number of ether oxygens (including phenoxy) is 1. The smallest absolute Gasteiger partial charge is 0.264 e. The SMILES string of the molecule is COCc1c(C(=O)N(C)C(c2ccccc2)c2ccccn2)sc2cccc(F)c12. The number of pyridine rings is 1. The van der Waals surface area contributed by atoms with Gasteiger partial charge < -0.3 is 9.64 Å². The Kier molecular flexibility index (Phi) is 5.88. The summed E-state index contributed by atoms with van der Waals surface area (Å²) in [6.45, 7) is 0.162. The van der Waals surface area contributed by atoms with Crippen LogP contribution in [0, 0.1) is 5.82 Å². The monoisotopic (exact) mass is 420 g/mol. The molecule has 0 bridgehead atoms. The molecule has 0 aliphatic heterocycles. The summed E-state index contributed by atoms with van der Waals surface area (Å²) >= 11 is 1.29. The number of carbonyl (C=O) groups is 1. The van der Waals surface area contributed by atoms with Crippen LogP contribution in [-0.2, 0) is 11.3 Å². The van der Waals surface area contributed by atoms with Crippen LogP contribution in [0.1, 0.15) is 32.5 Å². The van der Waals surface area contributed by atoms with Gasteiger partial charge in [-0.3, -0.25) is 9.78 Å². The molecular formula is C24H21FN2O2S. The van der Waals surface area contributed by atoms with E-state index < -0.39 is 0 Å². The predicted octanol–water partition coefficient (Wildman–Crippen LogP) is 5.44. The molecule has 4 nitrogen and oxygen atoms in total. The van der Waals surface area contributed by atoms with Gasteiger partial charge in [-0.25, -0.2) is 4.39 Å². The summed E-state index contributed by atoms with van der Waals surface area (Å²) in [6, 6.07) is 19.9. The summed E-state index contributed by atoms with van der Waals surface area (Å²) in [7, 11) is 3.30. The van der Waals surface area contributed by atoms with Crippen LogP contribution in [0.2, 0.25) is 0 Å². The number of hydrogen-bond donors (Lipinski definition) is 0. The van der Waals surface area contributed by atoms with Gasteiger partial charge in [0.05, 0.1) is 23.2 Å². The van der Waals surface area contributed by atoms with Crippen molar-refractivity contribution in [1.29, 1.82) is 0 Å². The number of rotatable bonds is 6. The molecule has 1 atom stereocenters. The molecule has 2 aromatic heterocycles. The number of amides is 1. The standard InChI is InChI=1S/C24H21FN2O2S/c1-27(22(16-9-4-3-5-10-16)19-12-6-7-14-26-19)24(28)23-17(15-29-2)21-18(25)11-8-13-20(21)30-23/h3-14,22H,15H2,1-2H3. The second kappa shape index (κ2) is 8.73. The Morgan fingerprint density at radius 2 is 1.87 bits per heavy atom. The number of nitrogens with zero attached hydrogens (tertiary/aromatic N) is 2. The highest BCUT2D eigenvalue weighted by molar-refractivity contribution is 7.21. The van der Waals surface area contributed by atoms with Crippen molar-refractivity contribution in [1.82, 2.24) is 9.88 Å². The minimum Gasteiger partial charge on any atom is -0.380 e. The summed E-state index contributed by atoms with van der Waals surface area (Å²) < 4.78 is 20.6. The lowest BCUT2D eigenvalue weighted by Gasteiger charge is -2.28. The van der Waals surface area contributed by atoms with Crippen LogP contribution in [0.5, 0.6) is 0 Å². The zero-order chi connectivity index (χ0) is 21.1. The van der Waals surface area contributed by atoms with E-state index >= 15 is 0 Å². The maximum atomic E-state index is 14.6. The molecule has 0 saturated heterocycles. The maximum absolute atomic E-state index is 14.6. The Morgan fingerprint density at radius 3 is 2.57 bits per heavy atom. The van der Waals surface area contributed by atoms with Gasteiger partial charge in [0, 0.05) is 36.0 Å². The van der Waals surface area contributed by atoms with Crippen LogP contribution in [0.15, 0.2) is 72.9 Å². The fourth-order valence-corrected chi connectivity index (χ4v) is 4.87. The average molecular weight is 421 g/mol. The van der Waals surface area contributed by atoms with Gasteiger partial charge in [-0.15, -0.1) is 11.3 Å². The number of aromatic nitrogens is 1. The van der Waals surface area contributed by atoms with E-state index in [1.54, 1.807) is 31.3 Å². The maximum Gasteiger partial charge on any atom is 0.264 e. The molecule has 152 valence electrons. The first-order chi connectivity index (χ1) is 14.6. The third kappa shape index (κ3) is 3.72. The molecule has 1 amide bonds. The van der Waals surface area contributed by atoms with Gasteiger partial charge in [-0.05, 0) is 29.8 Å². The molecule has 2 heterocycles. The molecule has 0 spiro atoms. The van der Waals surface area contributed by atoms with Crippen molar-refractivity contribution in [2.24, 2.45) is 0 Å². The zero-order valence-electron chi connectivity index (χ0n) is 16.7. The van der Waals surface area contributed by atoms with Crippen molar-refractivity contribution in [3.8, 4) is 0 Å². The third-order valence-corrected chi connectivity index (χ3v) is 6.22. The fourth-order valence-electron chi connectivity index (χ4n) is 3.67. The molecule has 4 rings (SSSR count). The zero-order valence-corrected chi connectivity index (χ0v) is 17.5. The van der Waals surface area contributed by atoms with E-state index in [1.807, 2.05) is 54.6 Å². The molecule has 6 heteroatoms. The predicted molar refractivity (Wildman–Crippen MR) is 117 cm³/mol. The van der Waals surface area contributed by atoms with Crippen molar-refractivity contribution < 1.29 is 13.9 Å². The number of methoxy groups -OCH3 is 1. The van der Waals surface area contributed by atoms with Gasteiger partial charge in [0.1, 0.15) is 5.82 Å². The van der Waals surface area contributed by atoms with E-state index in [-0.39, 0.29) is 24.4 Å². The Hall–Kier alpha value is -3.09. The highest BCUT2D eigenvalue weighted by Crippen LogP contribution is 2.36. The fraction of sp³-hybridized carbons (Fsp3) is 0.167. The van der Waals surface area contributed by atoms with Gasteiger partial charge in [-0.1, -0.05) is 42.5 Å². The Labute approximate surface area is 178 Å². The molecular weight excluding hydrogens is 399 g/mol. The molecule has 1 unspecified atom stereocenters. The van der Waals surface area contributed by atoms with Crippen molar-refractivity contribution in [3.63, 3.8) is 0 Å². The van der Waals surface area contributed by atoms with Crippen molar-refractivity contribution in [3.05, 3.63) is 100 Å². The van der Waals surface area contributed by atoms with Crippen LogP contribution >= 0.6 is 11.3 Å². The van der Waals surface area contributed by atoms with E-state index in [2.05, 4.69) is 4.98 Å². The van der Waals surface area contributed by atoms with E-state index in [0.29, 0.717) is 15.8 Å². The first-order valence-corrected chi connectivity index (χ1v) is 10.3. The largest absolute Gasteiger partial charge is 0.380 e. The average Bonchev–Trinajstić information content (AvgIpc) is 3.15. The van der Waals surface area contributed by atoms with Crippen LogP contribution in [-0.4, -0.2) is 29.9 Å². The van der Waals surface area contributed by atoms with E-state index in [9.17, 15) is 9.18 Å². The van der Waals surface area contributed by atoms with E-state index in [0.717, 1.165) is 16.0 Å². The number of halogens is 1. The third-order valence-electron chi connectivity index (χ3n) is 5.04. The quantitative estimate of drug-likeness (QED) is 0.417. The Morgan fingerprint density at radius 1 is 1.10 bits per heavy atom. The molecule has 0 fully saturated rings. The van der Waals surface area contributed by atoms with Gasteiger partial charge >= 0.3 is 0 Å². The number of fused-ring (bicyclic) bond motifs is 1. The highest BCUT2D eigenvalue weighted by atomic mass is 32.1. The van der Waals surface area contributed by atoms with Gasteiger partial charge in [0.2, 0.25) is 0 Å². The Bertz CT molecular complexity index is 1120. The number of carbonyl (C=O) groups excluding carboxylic acids is 1. The summed E-state index contributed by atoms with van der Waals surface area (Å²) in [5.41, 5.74) is 2.30. The number of thiophene rings is 1. The van der Waals surface area contributed by atoms with E-state index in [1.165, 1.54) is 17.4 Å². The van der Waals surface area contributed by atoms with Gasteiger partial charge in [0.25, 0.3) is 5.91 Å². The second-order valence-corrected chi connectivity index (χ2v) is 7.99. The lowest BCUT2D eigenvalue weighted by molar-refractivity contribution is 0.0753. The molecule has 4 aromatic rings. The molecule has 0 radical (unpaired) electrons. The summed E-state index contributed by atoms with van der Waals surface area (Å²) in [5.74, 6) is -0.538. The molecule has 2 aromatic carbocycles. The molecule has 0 N–H and O–H groups in total. The van der Waals surface area contributed by atoms with Gasteiger partial charge in [-0.2, -0.15) is 0 Å². The van der Waals surface area contributed by atoms with Crippen molar-refractivity contribution >= 4 is 27.3 Å². The van der Waals surface area contributed by atoms with E-state index in [4.69, 9.17) is 4.74 Å². The summed E-state index contributed by atoms with van der Waals surface area (Å²) in [4.78, 5) is 20.3. The topological polar surface area (TPSA) is 42.4 Å². The normalized spacial score (nSPS) is 12.1. The van der Waals surface area contributed by atoms with Crippen molar-refractivity contribution in [2.45, 2.75) is 12.6 Å². The van der Waals surface area contributed by atoms with Crippen molar-refractivity contribution in [2.75, 3.05) is 14.2 Å². The first kappa shape index (κ1) is 20.2. The van der Waals surface area contributed by atoms with Crippen LogP contribution in [0.25, 0.3) is 10.1 Å². The second-order valence-electron chi connectivity index (χ2n) is 6.94. The van der Waals surface area contributed by atoms with Crippen LogP contribution in [0.4, 0.5) is 4.39 Å². The van der Waals surface area contributed by atoms with Crippen LogP contribution in [0.3, 0.4) is 0 Å². The molecule has 30 heavy (non-hydrogen) atoms.